The Labute approximate surface area is 132 Å². The van der Waals surface area contributed by atoms with Crippen molar-refractivity contribution in [3.05, 3.63) is 30.3 Å². The number of carbonyl (C=O) groups is 2. The van der Waals surface area contributed by atoms with Crippen LogP contribution in [-0.2, 0) is 14.3 Å². The number of anilines is 1. The van der Waals surface area contributed by atoms with E-state index in [1.54, 1.807) is 13.8 Å². The van der Waals surface area contributed by atoms with Crippen molar-refractivity contribution < 1.29 is 14.3 Å². The highest BCUT2D eigenvalue weighted by Crippen LogP contribution is 2.09. The average molecular weight is 306 g/mol. The van der Waals surface area contributed by atoms with Crippen LogP contribution in [0.25, 0.3) is 0 Å². The Kier molecular flexibility index (Phi) is 7.43. The molecule has 5 nitrogen and oxygen atoms in total. The molecule has 5 heteroatoms. The zero-order valence-corrected chi connectivity index (χ0v) is 13.8. The predicted molar refractivity (Wildman–Crippen MR) is 87.5 cm³/mol. The average Bonchev–Trinajstić information content (AvgIpc) is 2.47. The first-order valence-corrected chi connectivity index (χ1v) is 7.72. The molecule has 1 rings (SSSR count). The third kappa shape index (κ3) is 6.16. The zero-order chi connectivity index (χ0) is 16.5. The van der Waals surface area contributed by atoms with Gasteiger partial charge in [0.25, 0.3) is 0 Å². The molecule has 0 saturated heterocycles. The van der Waals surface area contributed by atoms with E-state index < -0.39 is 12.1 Å². The predicted octanol–water partition coefficient (Wildman–Crippen LogP) is 2.58. The lowest BCUT2D eigenvalue weighted by Crippen LogP contribution is -2.48. The second-order valence-electron chi connectivity index (χ2n) is 5.67. The first-order valence-electron chi connectivity index (χ1n) is 7.72. The number of para-hydroxylation sites is 1. The van der Waals surface area contributed by atoms with Gasteiger partial charge < -0.3 is 15.4 Å². The molecule has 122 valence electrons. The summed E-state index contributed by atoms with van der Waals surface area (Å²) in [4.78, 5) is 24.2. The van der Waals surface area contributed by atoms with Crippen LogP contribution in [0.2, 0.25) is 0 Å². The highest BCUT2D eigenvalue weighted by atomic mass is 16.5. The van der Waals surface area contributed by atoms with Crippen LogP contribution in [-0.4, -0.2) is 30.6 Å². The van der Waals surface area contributed by atoms with Crippen LogP contribution in [0.5, 0.6) is 0 Å². The number of benzene rings is 1. The van der Waals surface area contributed by atoms with Crippen molar-refractivity contribution in [2.45, 2.75) is 46.2 Å². The second kappa shape index (κ2) is 9.07. The van der Waals surface area contributed by atoms with E-state index in [0.29, 0.717) is 13.0 Å². The molecule has 0 fully saturated rings. The quantitative estimate of drug-likeness (QED) is 0.724. The first-order chi connectivity index (χ1) is 10.4. The molecule has 2 atom stereocenters. The van der Waals surface area contributed by atoms with Crippen molar-refractivity contribution in [1.82, 2.24) is 5.32 Å². The summed E-state index contributed by atoms with van der Waals surface area (Å²) in [5.74, 6) is -0.314. The minimum atomic E-state index is -0.604. The van der Waals surface area contributed by atoms with Crippen LogP contribution in [0.4, 0.5) is 5.69 Å². The summed E-state index contributed by atoms with van der Waals surface area (Å²) in [7, 11) is 0. The van der Waals surface area contributed by atoms with Crippen LogP contribution in [0.15, 0.2) is 30.3 Å². The summed E-state index contributed by atoms with van der Waals surface area (Å²) in [6.45, 7) is 7.83. The fraction of sp³-hybridized carbons (Fsp3) is 0.529. The smallest absolute Gasteiger partial charge is 0.328 e. The lowest BCUT2D eigenvalue weighted by atomic mass is 10.0. The molecular formula is C17H26N2O3. The van der Waals surface area contributed by atoms with Gasteiger partial charge in [-0.2, -0.15) is 0 Å². The Bertz CT molecular complexity index is 474. The van der Waals surface area contributed by atoms with Gasteiger partial charge in [-0.1, -0.05) is 32.0 Å². The number of esters is 1. The molecule has 0 aromatic heterocycles. The summed E-state index contributed by atoms with van der Waals surface area (Å²) in [5.41, 5.74) is 0.863. The van der Waals surface area contributed by atoms with E-state index >= 15 is 0 Å². The van der Waals surface area contributed by atoms with E-state index in [1.807, 2.05) is 44.2 Å². The molecular weight excluding hydrogens is 280 g/mol. The van der Waals surface area contributed by atoms with Crippen LogP contribution in [0.1, 0.15) is 34.1 Å². The normalized spacial score (nSPS) is 13.3. The van der Waals surface area contributed by atoms with Crippen molar-refractivity contribution in [1.29, 1.82) is 0 Å². The first kappa shape index (κ1) is 18.0. The number of carbonyl (C=O) groups excluding carboxylic acids is 2. The van der Waals surface area contributed by atoms with E-state index in [4.69, 9.17) is 4.74 Å². The van der Waals surface area contributed by atoms with Gasteiger partial charge in [0.2, 0.25) is 5.91 Å². The van der Waals surface area contributed by atoms with Crippen molar-refractivity contribution in [2.75, 3.05) is 11.9 Å². The number of hydrogen-bond acceptors (Lipinski definition) is 4. The Morgan fingerprint density at radius 1 is 1.14 bits per heavy atom. The molecule has 0 spiro atoms. The molecule has 0 heterocycles. The van der Waals surface area contributed by atoms with Crippen LogP contribution in [0, 0.1) is 5.92 Å². The standard InChI is InChI=1S/C17H26N2O3/c1-5-22-17(21)15(11-12(2)3)19-16(20)13(4)18-14-9-7-6-8-10-14/h6-10,12-13,15,18H,5,11H2,1-4H3,(H,19,20)/t13-,15-/m0/s1. The summed E-state index contributed by atoms with van der Waals surface area (Å²) in [5, 5.41) is 5.88. The molecule has 1 aromatic rings. The van der Waals surface area contributed by atoms with E-state index in [1.165, 1.54) is 0 Å². The maximum atomic E-state index is 12.3. The van der Waals surface area contributed by atoms with E-state index in [-0.39, 0.29) is 17.8 Å². The van der Waals surface area contributed by atoms with Gasteiger partial charge in [0, 0.05) is 5.69 Å². The Balaban J connectivity index is 2.62. The summed E-state index contributed by atoms with van der Waals surface area (Å²) < 4.78 is 5.03. The third-order valence-corrected chi connectivity index (χ3v) is 3.14. The highest BCUT2D eigenvalue weighted by molar-refractivity contribution is 5.89. The molecule has 0 unspecified atom stereocenters. The fourth-order valence-electron chi connectivity index (χ4n) is 2.07. The topological polar surface area (TPSA) is 67.4 Å². The van der Waals surface area contributed by atoms with Gasteiger partial charge in [-0.15, -0.1) is 0 Å². The van der Waals surface area contributed by atoms with Crippen molar-refractivity contribution in [3.8, 4) is 0 Å². The van der Waals surface area contributed by atoms with Gasteiger partial charge in [-0.3, -0.25) is 4.79 Å². The molecule has 1 aromatic carbocycles. The van der Waals surface area contributed by atoms with E-state index in [0.717, 1.165) is 5.69 Å². The number of ether oxygens (including phenoxy) is 1. The maximum Gasteiger partial charge on any atom is 0.328 e. The lowest BCUT2D eigenvalue weighted by Gasteiger charge is -2.22. The second-order valence-corrected chi connectivity index (χ2v) is 5.67. The van der Waals surface area contributed by atoms with Gasteiger partial charge in [0.15, 0.2) is 0 Å². The summed E-state index contributed by atoms with van der Waals surface area (Å²) >= 11 is 0. The summed E-state index contributed by atoms with van der Waals surface area (Å²) in [6, 6.07) is 8.44. The molecule has 0 aliphatic heterocycles. The molecule has 22 heavy (non-hydrogen) atoms. The van der Waals surface area contributed by atoms with Gasteiger partial charge in [0.05, 0.1) is 6.61 Å². The molecule has 1 amide bonds. The molecule has 0 bridgehead atoms. The van der Waals surface area contributed by atoms with Gasteiger partial charge in [-0.05, 0) is 38.3 Å². The highest BCUT2D eigenvalue weighted by Gasteiger charge is 2.25. The van der Waals surface area contributed by atoms with Crippen molar-refractivity contribution in [3.63, 3.8) is 0 Å². The minimum Gasteiger partial charge on any atom is -0.464 e. The number of nitrogens with one attached hydrogen (secondary N) is 2. The molecule has 0 saturated carbocycles. The number of hydrogen-bond donors (Lipinski definition) is 2. The van der Waals surface area contributed by atoms with E-state index in [9.17, 15) is 9.59 Å². The third-order valence-electron chi connectivity index (χ3n) is 3.14. The lowest BCUT2D eigenvalue weighted by molar-refractivity contribution is -0.147. The molecule has 0 aliphatic carbocycles. The van der Waals surface area contributed by atoms with Gasteiger partial charge in [-0.25, -0.2) is 4.79 Å². The van der Waals surface area contributed by atoms with Crippen molar-refractivity contribution in [2.24, 2.45) is 5.92 Å². The van der Waals surface area contributed by atoms with Crippen molar-refractivity contribution >= 4 is 17.6 Å². The van der Waals surface area contributed by atoms with E-state index in [2.05, 4.69) is 10.6 Å². The Morgan fingerprint density at radius 3 is 2.32 bits per heavy atom. The number of rotatable bonds is 8. The molecule has 2 N–H and O–H groups in total. The Morgan fingerprint density at radius 2 is 1.77 bits per heavy atom. The molecule has 0 aliphatic rings. The van der Waals surface area contributed by atoms with Crippen LogP contribution >= 0.6 is 0 Å². The van der Waals surface area contributed by atoms with Crippen LogP contribution in [0.3, 0.4) is 0 Å². The SMILES string of the molecule is CCOC(=O)[C@H](CC(C)C)NC(=O)[C@H](C)Nc1ccccc1. The van der Waals surface area contributed by atoms with Gasteiger partial charge in [0.1, 0.15) is 12.1 Å². The van der Waals surface area contributed by atoms with Gasteiger partial charge >= 0.3 is 5.97 Å². The van der Waals surface area contributed by atoms with Crippen LogP contribution < -0.4 is 10.6 Å². The zero-order valence-electron chi connectivity index (χ0n) is 13.8. The number of amides is 1. The Hall–Kier alpha value is -2.04. The largest absolute Gasteiger partial charge is 0.464 e. The summed E-state index contributed by atoms with van der Waals surface area (Å²) in [6.07, 6.45) is 0.558. The minimum absolute atomic E-state index is 0.220. The monoisotopic (exact) mass is 306 g/mol. The maximum absolute atomic E-state index is 12.3. The fourth-order valence-corrected chi connectivity index (χ4v) is 2.07. The molecule has 0 radical (unpaired) electrons.